The summed E-state index contributed by atoms with van der Waals surface area (Å²) in [6, 6.07) is 0. The van der Waals surface area contributed by atoms with Gasteiger partial charge in [0.15, 0.2) is 0 Å². The Balaban J connectivity index is 0. The molecular formula is C4H6CuO6S. The van der Waals surface area contributed by atoms with Crippen LogP contribution in [0.3, 0.4) is 0 Å². The summed E-state index contributed by atoms with van der Waals surface area (Å²) in [5, 5.41) is 0. The molecule has 0 aromatic heterocycles. The smallest absolute Gasteiger partial charge is 0.394 e. The quantitative estimate of drug-likeness (QED) is 0.472. The molecule has 12 heavy (non-hydrogen) atoms. The number of hydrogen-bond donors (Lipinski definition) is 2. The number of hydrogen-bond acceptors (Lipinski definition) is 4. The van der Waals surface area contributed by atoms with E-state index in [1.165, 1.54) is 25.0 Å². The topological polar surface area (TPSA) is 93.1 Å². The minimum Gasteiger partial charge on any atom is -0.466 e. The van der Waals surface area contributed by atoms with Crippen molar-refractivity contribution >= 4 is 10.4 Å². The molecule has 0 saturated carbocycles. The first-order chi connectivity index (χ1) is 5.00. The number of ether oxygens (including phenoxy) is 2. The van der Waals surface area contributed by atoms with Crippen LogP contribution in [0, 0.1) is 0 Å². The summed E-state index contributed by atoms with van der Waals surface area (Å²) >= 11 is 0. The molecule has 1 heterocycles. The molecule has 0 aromatic carbocycles. The van der Waals surface area contributed by atoms with E-state index in [4.69, 9.17) is 17.5 Å². The van der Waals surface area contributed by atoms with E-state index < -0.39 is 10.4 Å². The van der Waals surface area contributed by atoms with Gasteiger partial charge in [-0.25, -0.2) is 0 Å². The molecule has 0 amide bonds. The Morgan fingerprint density at radius 3 is 1.17 bits per heavy atom. The monoisotopic (exact) mass is 245 g/mol. The van der Waals surface area contributed by atoms with Crippen LogP contribution in [0.5, 0.6) is 0 Å². The Bertz CT molecular complexity index is 214. The zero-order valence-corrected chi connectivity index (χ0v) is 7.30. The fourth-order valence-electron chi connectivity index (χ4n) is 0.219. The minimum atomic E-state index is -4.67. The maximum absolute atomic E-state index is 8.74. The third kappa shape index (κ3) is 22.7. The summed E-state index contributed by atoms with van der Waals surface area (Å²) in [5.74, 6) is 0. The Labute approximate surface area is 79.9 Å². The third-order valence-corrected chi connectivity index (χ3v) is 0.425. The first-order valence-corrected chi connectivity index (χ1v) is 3.70. The van der Waals surface area contributed by atoms with E-state index in [9.17, 15) is 0 Å². The summed E-state index contributed by atoms with van der Waals surface area (Å²) in [7, 11) is -4.67. The van der Waals surface area contributed by atoms with Gasteiger partial charge in [-0.05, 0) is 0 Å². The van der Waals surface area contributed by atoms with Gasteiger partial charge >= 0.3 is 10.4 Å². The van der Waals surface area contributed by atoms with Crippen molar-refractivity contribution in [2.24, 2.45) is 0 Å². The predicted molar refractivity (Wildman–Crippen MR) is 34.6 cm³/mol. The van der Waals surface area contributed by atoms with E-state index in [-0.39, 0.29) is 17.1 Å². The van der Waals surface area contributed by atoms with Gasteiger partial charge in [0.05, 0.1) is 0 Å². The molecule has 6 nitrogen and oxygen atoms in total. The van der Waals surface area contributed by atoms with Crippen LogP contribution in [0.2, 0.25) is 0 Å². The second-order valence-corrected chi connectivity index (χ2v) is 2.16. The standard InChI is InChI=1S/C4H4O2.Cu.H2O4S/c1-2-6-4-3-5-1;;1-5(2,3)4/h1-4H;;(H2,1,2,3,4). The van der Waals surface area contributed by atoms with Crippen LogP contribution in [-0.2, 0) is 36.9 Å². The molecule has 1 aliphatic rings. The second kappa shape index (κ2) is 7.14. The van der Waals surface area contributed by atoms with Crippen molar-refractivity contribution in [2.75, 3.05) is 0 Å². The molecule has 1 aliphatic heterocycles. The van der Waals surface area contributed by atoms with E-state index in [0.29, 0.717) is 0 Å². The molecule has 0 unspecified atom stereocenters. The van der Waals surface area contributed by atoms with Gasteiger partial charge in [0.1, 0.15) is 25.0 Å². The number of rotatable bonds is 0. The molecule has 8 heteroatoms. The van der Waals surface area contributed by atoms with Gasteiger partial charge in [0.25, 0.3) is 0 Å². The fourth-order valence-corrected chi connectivity index (χ4v) is 0.219. The van der Waals surface area contributed by atoms with Crippen LogP contribution in [0.15, 0.2) is 25.0 Å². The maximum Gasteiger partial charge on any atom is 0.394 e. The van der Waals surface area contributed by atoms with E-state index in [2.05, 4.69) is 9.47 Å². The normalized spacial score (nSPS) is 12.8. The largest absolute Gasteiger partial charge is 0.466 e. The Morgan fingerprint density at radius 1 is 0.917 bits per heavy atom. The van der Waals surface area contributed by atoms with Crippen molar-refractivity contribution in [3.8, 4) is 0 Å². The average Bonchev–Trinajstić information content (AvgIpc) is 1.88. The van der Waals surface area contributed by atoms with Crippen LogP contribution in [0.4, 0.5) is 0 Å². The zero-order chi connectivity index (χ0) is 8.74. The van der Waals surface area contributed by atoms with Crippen LogP contribution in [0.25, 0.3) is 0 Å². The fraction of sp³-hybridized carbons (Fsp3) is 0. The molecule has 0 bridgehead atoms. The van der Waals surface area contributed by atoms with Crippen molar-refractivity contribution in [3.63, 3.8) is 0 Å². The van der Waals surface area contributed by atoms with Gasteiger partial charge in [-0.15, -0.1) is 0 Å². The predicted octanol–water partition coefficient (Wildman–Crippen LogP) is 0.320. The van der Waals surface area contributed by atoms with E-state index in [0.717, 1.165) is 0 Å². The summed E-state index contributed by atoms with van der Waals surface area (Å²) < 4.78 is 40.8. The SMILES string of the molecule is C1=COC=CO1.O=S(=O)(O)O.[Cu]. The maximum atomic E-state index is 8.74. The van der Waals surface area contributed by atoms with Gasteiger partial charge in [-0.2, -0.15) is 8.42 Å². The summed E-state index contributed by atoms with van der Waals surface area (Å²) in [6.45, 7) is 0. The van der Waals surface area contributed by atoms with Gasteiger partial charge in [-0.1, -0.05) is 0 Å². The molecule has 75 valence electrons. The molecule has 0 fully saturated rings. The average molecular weight is 246 g/mol. The van der Waals surface area contributed by atoms with Crippen LogP contribution in [0.1, 0.15) is 0 Å². The van der Waals surface area contributed by atoms with E-state index in [1.54, 1.807) is 0 Å². The van der Waals surface area contributed by atoms with Crippen molar-refractivity contribution in [3.05, 3.63) is 25.0 Å². The summed E-state index contributed by atoms with van der Waals surface area (Å²) in [4.78, 5) is 0. The van der Waals surface area contributed by atoms with Gasteiger partial charge in [0.2, 0.25) is 0 Å². The third-order valence-electron chi connectivity index (χ3n) is 0.425. The summed E-state index contributed by atoms with van der Waals surface area (Å²) in [6.07, 6.45) is 5.83. The van der Waals surface area contributed by atoms with Crippen molar-refractivity contribution < 1.29 is 44.1 Å². The van der Waals surface area contributed by atoms with Crippen LogP contribution in [-0.4, -0.2) is 17.5 Å². The molecule has 0 atom stereocenters. The molecule has 0 saturated heterocycles. The van der Waals surface area contributed by atoms with Crippen LogP contribution < -0.4 is 0 Å². The first kappa shape index (κ1) is 14.0. The minimum absolute atomic E-state index is 0. The molecular weight excluding hydrogens is 240 g/mol. The molecule has 1 radical (unpaired) electrons. The molecule has 0 aliphatic carbocycles. The first-order valence-electron chi connectivity index (χ1n) is 2.31. The van der Waals surface area contributed by atoms with Gasteiger partial charge in [-0.3, -0.25) is 9.11 Å². The molecule has 2 N–H and O–H groups in total. The van der Waals surface area contributed by atoms with Gasteiger partial charge in [0, 0.05) is 17.1 Å². The van der Waals surface area contributed by atoms with E-state index in [1.807, 2.05) is 0 Å². The zero-order valence-electron chi connectivity index (χ0n) is 5.55. The Kier molecular flexibility index (Phi) is 8.34. The van der Waals surface area contributed by atoms with Gasteiger partial charge < -0.3 is 9.47 Å². The van der Waals surface area contributed by atoms with Crippen molar-refractivity contribution in [1.82, 2.24) is 0 Å². The Morgan fingerprint density at radius 2 is 1.08 bits per heavy atom. The molecule has 1 rings (SSSR count). The van der Waals surface area contributed by atoms with E-state index >= 15 is 0 Å². The van der Waals surface area contributed by atoms with Crippen molar-refractivity contribution in [1.29, 1.82) is 0 Å². The second-order valence-electron chi connectivity index (χ2n) is 1.26. The molecule has 0 spiro atoms. The van der Waals surface area contributed by atoms with Crippen LogP contribution >= 0.6 is 0 Å². The summed E-state index contributed by atoms with van der Waals surface area (Å²) in [5.41, 5.74) is 0. The Hall–Kier alpha value is -0.531. The molecule has 0 aromatic rings. The van der Waals surface area contributed by atoms with Crippen molar-refractivity contribution in [2.45, 2.75) is 0 Å².